The third-order valence-electron chi connectivity index (χ3n) is 3.41. The van der Waals surface area contributed by atoms with Crippen LogP contribution in [0.3, 0.4) is 0 Å². The van der Waals surface area contributed by atoms with Crippen molar-refractivity contribution >= 4 is 17.9 Å². The van der Waals surface area contributed by atoms with Crippen LogP contribution in [0, 0.1) is 0 Å². The molecule has 1 aliphatic rings. The number of carbonyl (C=O) groups excluding carboxylic acids is 2. The van der Waals surface area contributed by atoms with Crippen LogP contribution < -0.4 is 5.32 Å². The first kappa shape index (κ1) is 16.3. The van der Waals surface area contributed by atoms with Crippen molar-refractivity contribution in [1.29, 1.82) is 0 Å². The SMILES string of the molecule is CN(C)C(=O)CCNC(=O)N1CCCCCC1C(=O)O. The number of urea groups is 1. The molecule has 1 rings (SSSR count). The molecule has 0 spiro atoms. The number of carboxylic acids is 1. The van der Waals surface area contributed by atoms with Gasteiger partial charge in [-0.2, -0.15) is 0 Å². The molecule has 114 valence electrons. The summed E-state index contributed by atoms with van der Waals surface area (Å²) in [5.41, 5.74) is 0. The van der Waals surface area contributed by atoms with Gasteiger partial charge in [0.2, 0.25) is 5.91 Å². The summed E-state index contributed by atoms with van der Waals surface area (Å²) in [6.07, 6.45) is 3.27. The number of nitrogens with one attached hydrogen (secondary N) is 1. The Morgan fingerprint density at radius 1 is 1.25 bits per heavy atom. The third-order valence-corrected chi connectivity index (χ3v) is 3.41. The molecular formula is C13H23N3O4. The molecule has 0 saturated carbocycles. The Morgan fingerprint density at radius 2 is 1.95 bits per heavy atom. The highest BCUT2D eigenvalue weighted by Crippen LogP contribution is 2.17. The molecule has 7 heteroatoms. The predicted octanol–water partition coefficient (Wildman–Crippen LogP) is 0.504. The van der Waals surface area contributed by atoms with Crippen molar-refractivity contribution in [2.45, 2.75) is 38.1 Å². The van der Waals surface area contributed by atoms with Crippen LogP contribution in [0.15, 0.2) is 0 Å². The highest BCUT2D eigenvalue weighted by molar-refractivity contribution is 5.83. The summed E-state index contributed by atoms with van der Waals surface area (Å²) in [5, 5.41) is 11.8. The van der Waals surface area contributed by atoms with Crippen LogP contribution >= 0.6 is 0 Å². The number of aliphatic carboxylic acids is 1. The van der Waals surface area contributed by atoms with Crippen molar-refractivity contribution < 1.29 is 19.5 Å². The van der Waals surface area contributed by atoms with Gasteiger partial charge in [-0.3, -0.25) is 4.79 Å². The van der Waals surface area contributed by atoms with Crippen molar-refractivity contribution in [3.05, 3.63) is 0 Å². The monoisotopic (exact) mass is 285 g/mol. The van der Waals surface area contributed by atoms with Gasteiger partial charge in [0.1, 0.15) is 6.04 Å². The molecule has 0 aliphatic carbocycles. The molecule has 20 heavy (non-hydrogen) atoms. The van der Waals surface area contributed by atoms with E-state index in [2.05, 4.69) is 5.32 Å². The second kappa shape index (κ2) is 7.72. The average Bonchev–Trinajstić information content (AvgIpc) is 2.63. The van der Waals surface area contributed by atoms with Gasteiger partial charge in [0.05, 0.1) is 0 Å². The minimum Gasteiger partial charge on any atom is -0.480 e. The average molecular weight is 285 g/mol. The summed E-state index contributed by atoms with van der Waals surface area (Å²) < 4.78 is 0. The Balaban J connectivity index is 2.50. The van der Waals surface area contributed by atoms with E-state index < -0.39 is 18.0 Å². The molecule has 1 fully saturated rings. The molecule has 1 atom stereocenters. The van der Waals surface area contributed by atoms with Crippen LogP contribution in [0.25, 0.3) is 0 Å². The number of amides is 3. The van der Waals surface area contributed by atoms with Crippen molar-refractivity contribution in [3.8, 4) is 0 Å². The fraction of sp³-hybridized carbons (Fsp3) is 0.769. The highest BCUT2D eigenvalue weighted by atomic mass is 16.4. The summed E-state index contributed by atoms with van der Waals surface area (Å²) >= 11 is 0. The Kier molecular flexibility index (Phi) is 6.27. The lowest BCUT2D eigenvalue weighted by atomic mass is 10.1. The van der Waals surface area contributed by atoms with E-state index in [0.29, 0.717) is 13.0 Å². The second-order valence-electron chi connectivity index (χ2n) is 5.17. The fourth-order valence-corrected chi connectivity index (χ4v) is 2.21. The molecule has 2 N–H and O–H groups in total. The van der Waals surface area contributed by atoms with Gasteiger partial charge in [0.25, 0.3) is 0 Å². The molecule has 0 aromatic heterocycles. The molecule has 3 amide bonds. The molecule has 0 radical (unpaired) electrons. The molecule has 1 heterocycles. The maximum absolute atomic E-state index is 12.0. The minimum absolute atomic E-state index is 0.0732. The van der Waals surface area contributed by atoms with Crippen molar-refractivity contribution in [2.24, 2.45) is 0 Å². The maximum Gasteiger partial charge on any atom is 0.326 e. The Bertz CT molecular complexity index is 371. The van der Waals surface area contributed by atoms with E-state index in [1.54, 1.807) is 14.1 Å². The van der Waals surface area contributed by atoms with Gasteiger partial charge >= 0.3 is 12.0 Å². The maximum atomic E-state index is 12.0. The molecular weight excluding hydrogens is 262 g/mol. The topological polar surface area (TPSA) is 90.0 Å². The van der Waals surface area contributed by atoms with Crippen LogP contribution in [0.4, 0.5) is 4.79 Å². The summed E-state index contributed by atoms with van der Waals surface area (Å²) in [6, 6.07) is -1.16. The number of hydrogen-bond donors (Lipinski definition) is 2. The smallest absolute Gasteiger partial charge is 0.326 e. The summed E-state index contributed by atoms with van der Waals surface area (Å²) in [6.45, 7) is 0.670. The first-order valence-corrected chi connectivity index (χ1v) is 6.91. The van der Waals surface area contributed by atoms with E-state index in [1.165, 1.54) is 9.80 Å². The lowest BCUT2D eigenvalue weighted by Crippen LogP contribution is -2.49. The fourth-order valence-electron chi connectivity index (χ4n) is 2.21. The summed E-state index contributed by atoms with van der Waals surface area (Å²) in [5.74, 6) is -1.04. The normalized spacial score (nSPS) is 19.1. The van der Waals surface area contributed by atoms with E-state index in [1.807, 2.05) is 0 Å². The van der Waals surface area contributed by atoms with E-state index in [-0.39, 0.29) is 18.9 Å². The number of carbonyl (C=O) groups is 3. The van der Waals surface area contributed by atoms with Crippen LogP contribution in [0.5, 0.6) is 0 Å². The number of rotatable bonds is 4. The number of likely N-dealkylation sites (tertiary alicyclic amines) is 1. The van der Waals surface area contributed by atoms with Crippen LogP contribution in [-0.4, -0.2) is 66.0 Å². The first-order chi connectivity index (χ1) is 9.43. The van der Waals surface area contributed by atoms with Crippen LogP contribution in [-0.2, 0) is 9.59 Å². The van der Waals surface area contributed by atoms with Gasteiger partial charge in [0, 0.05) is 33.6 Å². The summed E-state index contributed by atoms with van der Waals surface area (Å²) in [4.78, 5) is 37.5. The Hall–Kier alpha value is -1.79. The van der Waals surface area contributed by atoms with E-state index in [9.17, 15) is 19.5 Å². The zero-order valence-electron chi connectivity index (χ0n) is 12.1. The van der Waals surface area contributed by atoms with Crippen LogP contribution in [0.2, 0.25) is 0 Å². The minimum atomic E-state index is -0.966. The molecule has 0 bridgehead atoms. The van der Waals surface area contributed by atoms with Crippen molar-refractivity contribution in [1.82, 2.24) is 15.1 Å². The zero-order valence-corrected chi connectivity index (χ0v) is 12.1. The van der Waals surface area contributed by atoms with E-state index >= 15 is 0 Å². The standard InChI is InChI=1S/C13H23N3O4/c1-15(2)11(17)7-8-14-13(20)16-9-5-3-4-6-10(16)12(18)19/h10H,3-9H2,1-2H3,(H,14,20)(H,18,19). The lowest BCUT2D eigenvalue weighted by Gasteiger charge is -2.27. The molecule has 1 unspecified atom stereocenters. The zero-order chi connectivity index (χ0) is 15.1. The Labute approximate surface area is 118 Å². The quantitative estimate of drug-likeness (QED) is 0.787. The summed E-state index contributed by atoms with van der Waals surface area (Å²) in [7, 11) is 3.30. The van der Waals surface area contributed by atoms with Gasteiger partial charge in [-0.1, -0.05) is 12.8 Å². The van der Waals surface area contributed by atoms with Crippen LogP contribution in [0.1, 0.15) is 32.1 Å². The highest BCUT2D eigenvalue weighted by Gasteiger charge is 2.30. The van der Waals surface area contributed by atoms with Gasteiger partial charge in [-0.15, -0.1) is 0 Å². The largest absolute Gasteiger partial charge is 0.480 e. The molecule has 0 aromatic rings. The number of hydrogen-bond acceptors (Lipinski definition) is 3. The molecule has 1 saturated heterocycles. The Morgan fingerprint density at radius 3 is 2.55 bits per heavy atom. The number of nitrogens with zero attached hydrogens (tertiary/aromatic N) is 2. The van der Waals surface area contributed by atoms with E-state index in [4.69, 9.17) is 0 Å². The molecule has 1 aliphatic heterocycles. The second-order valence-corrected chi connectivity index (χ2v) is 5.17. The van der Waals surface area contributed by atoms with Gasteiger partial charge in [0.15, 0.2) is 0 Å². The lowest BCUT2D eigenvalue weighted by molar-refractivity contribution is -0.142. The van der Waals surface area contributed by atoms with Crippen molar-refractivity contribution in [2.75, 3.05) is 27.2 Å². The van der Waals surface area contributed by atoms with Gasteiger partial charge in [-0.05, 0) is 12.8 Å². The number of carboxylic acid groups (broad SMARTS) is 1. The van der Waals surface area contributed by atoms with Crippen molar-refractivity contribution in [3.63, 3.8) is 0 Å². The molecule has 7 nitrogen and oxygen atoms in total. The molecule has 0 aromatic carbocycles. The van der Waals surface area contributed by atoms with Gasteiger partial charge in [-0.25, -0.2) is 9.59 Å². The third kappa shape index (κ3) is 4.71. The van der Waals surface area contributed by atoms with E-state index in [0.717, 1.165) is 19.3 Å². The first-order valence-electron chi connectivity index (χ1n) is 6.91. The predicted molar refractivity (Wildman–Crippen MR) is 73.3 cm³/mol. The van der Waals surface area contributed by atoms with Gasteiger partial charge < -0.3 is 20.2 Å².